The highest BCUT2D eigenvalue weighted by atomic mass is 32.2. The molecule has 0 aromatic heterocycles. The Morgan fingerprint density at radius 3 is 2.79 bits per heavy atom. The van der Waals surface area contributed by atoms with E-state index in [1.165, 1.54) is 17.9 Å². The van der Waals surface area contributed by atoms with Crippen LogP contribution in [0.25, 0.3) is 0 Å². The van der Waals surface area contributed by atoms with Crippen molar-refractivity contribution in [1.29, 1.82) is 0 Å². The van der Waals surface area contributed by atoms with Gasteiger partial charge in [-0.05, 0) is 43.2 Å². The Morgan fingerprint density at radius 1 is 1.57 bits per heavy atom. The van der Waals surface area contributed by atoms with Gasteiger partial charge >= 0.3 is 0 Å². The van der Waals surface area contributed by atoms with Gasteiger partial charge in [-0.2, -0.15) is 11.8 Å². The van der Waals surface area contributed by atoms with Crippen LogP contribution in [0, 0.1) is 11.8 Å². The fourth-order valence-corrected chi connectivity index (χ4v) is 2.76. The first kappa shape index (κ1) is 12.3. The van der Waals surface area contributed by atoms with Crippen LogP contribution >= 0.6 is 11.8 Å². The zero-order chi connectivity index (χ0) is 10.6. The van der Waals surface area contributed by atoms with Gasteiger partial charge in [-0.25, -0.2) is 0 Å². The van der Waals surface area contributed by atoms with Crippen LogP contribution in [-0.4, -0.2) is 35.3 Å². The van der Waals surface area contributed by atoms with Crippen LogP contribution < -0.4 is 5.32 Å². The van der Waals surface area contributed by atoms with Crippen LogP contribution in [0.4, 0.5) is 0 Å². The predicted octanol–water partition coefficient (Wildman–Crippen LogP) is 1.74. The Balaban J connectivity index is 2.13. The summed E-state index contributed by atoms with van der Waals surface area (Å²) >= 11 is 2.04. The van der Waals surface area contributed by atoms with Crippen molar-refractivity contribution in [2.24, 2.45) is 11.8 Å². The highest BCUT2D eigenvalue weighted by molar-refractivity contribution is 7.99. The van der Waals surface area contributed by atoms with E-state index < -0.39 is 5.60 Å². The van der Waals surface area contributed by atoms with Crippen molar-refractivity contribution in [3.63, 3.8) is 0 Å². The maximum absolute atomic E-state index is 10.00. The second-order valence-electron chi connectivity index (χ2n) is 4.87. The molecule has 1 aliphatic heterocycles. The summed E-state index contributed by atoms with van der Waals surface area (Å²) in [5.74, 6) is 3.74. The lowest BCUT2D eigenvalue weighted by Gasteiger charge is -2.28. The number of hydrogen-bond acceptors (Lipinski definition) is 3. The monoisotopic (exact) mass is 217 g/mol. The summed E-state index contributed by atoms with van der Waals surface area (Å²) < 4.78 is 0. The lowest BCUT2D eigenvalue weighted by atomic mass is 9.92. The van der Waals surface area contributed by atoms with E-state index in [0.717, 1.165) is 12.5 Å². The molecule has 2 unspecified atom stereocenters. The van der Waals surface area contributed by atoms with Gasteiger partial charge in [-0.15, -0.1) is 0 Å². The summed E-state index contributed by atoms with van der Waals surface area (Å²) in [6, 6.07) is 0. The predicted molar refractivity (Wildman–Crippen MR) is 63.8 cm³/mol. The van der Waals surface area contributed by atoms with Gasteiger partial charge in [0, 0.05) is 6.54 Å². The number of aliphatic hydroxyl groups is 1. The van der Waals surface area contributed by atoms with Crippen LogP contribution in [-0.2, 0) is 0 Å². The number of rotatable bonds is 5. The van der Waals surface area contributed by atoms with E-state index in [0.29, 0.717) is 12.5 Å². The number of hydrogen-bond donors (Lipinski definition) is 2. The fourth-order valence-electron chi connectivity index (χ4n) is 1.48. The second-order valence-corrected chi connectivity index (χ2v) is 6.02. The Labute approximate surface area is 91.9 Å². The lowest BCUT2D eigenvalue weighted by molar-refractivity contribution is 0.0138. The van der Waals surface area contributed by atoms with Gasteiger partial charge in [0.05, 0.1) is 5.60 Å². The largest absolute Gasteiger partial charge is 0.389 e. The maximum atomic E-state index is 10.00. The standard InChI is InChI=1S/C11H23NOS/c1-9(2)11(3,13)8-12-6-10-4-5-14-7-10/h9-10,12-13H,4-8H2,1-3H3. The fraction of sp³-hybridized carbons (Fsp3) is 1.00. The molecular weight excluding hydrogens is 194 g/mol. The molecule has 2 N–H and O–H groups in total. The van der Waals surface area contributed by atoms with Crippen LogP contribution in [0.3, 0.4) is 0 Å². The summed E-state index contributed by atoms with van der Waals surface area (Å²) in [5.41, 5.74) is -0.564. The van der Waals surface area contributed by atoms with Crippen molar-refractivity contribution in [2.45, 2.75) is 32.8 Å². The number of thioether (sulfide) groups is 1. The van der Waals surface area contributed by atoms with E-state index in [2.05, 4.69) is 19.2 Å². The molecule has 0 aromatic carbocycles. The quantitative estimate of drug-likeness (QED) is 0.736. The van der Waals surface area contributed by atoms with Gasteiger partial charge < -0.3 is 10.4 Å². The molecule has 0 saturated carbocycles. The second kappa shape index (κ2) is 5.38. The highest BCUT2D eigenvalue weighted by Crippen LogP contribution is 2.22. The van der Waals surface area contributed by atoms with Gasteiger partial charge in [0.15, 0.2) is 0 Å². The summed E-state index contributed by atoms with van der Waals surface area (Å²) in [6.45, 7) is 7.82. The number of nitrogens with one attached hydrogen (secondary N) is 1. The minimum Gasteiger partial charge on any atom is -0.389 e. The average Bonchev–Trinajstić information content (AvgIpc) is 2.56. The van der Waals surface area contributed by atoms with Crippen molar-refractivity contribution >= 4 is 11.8 Å². The topological polar surface area (TPSA) is 32.3 Å². The van der Waals surface area contributed by atoms with E-state index in [-0.39, 0.29) is 0 Å². The van der Waals surface area contributed by atoms with E-state index in [1.54, 1.807) is 0 Å². The molecule has 2 atom stereocenters. The molecule has 1 aliphatic rings. The third-order valence-electron chi connectivity index (χ3n) is 3.18. The third-order valence-corrected chi connectivity index (χ3v) is 4.42. The smallest absolute Gasteiger partial charge is 0.0766 e. The van der Waals surface area contributed by atoms with Gasteiger partial charge in [-0.3, -0.25) is 0 Å². The van der Waals surface area contributed by atoms with E-state index >= 15 is 0 Å². The molecule has 1 fully saturated rings. The van der Waals surface area contributed by atoms with Crippen LogP contribution in [0.2, 0.25) is 0 Å². The molecule has 0 radical (unpaired) electrons. The molecule has 14 heavy (non-hydrogen) atoms. The molecule has 1 rings (SSSR count). The summed E-state index contributed by atoms with van der Waals surface area (Å²) in [4.78, 5) is 0. The first-order chi connectivity index (χ1) is 6.52. The summed E-state index contributed by atoms with van der Waals surface area (Å²) in [5, 5.41) is 13.4. The molecule has 0 amide bonds. The maximum Gasteiger partial charge on any atom is 0.0766 e. The first-order valence-electron chi connectivity index (χ1n) is 5.53. The SMILES string of the molecule is CC(C)C(C)(O)CNCC1CCSC1. The Bertz CT molecular complexity index is 165. The molecule has 0 spiro atoms. The molecule has 3 heteroatoms. The van der Waals surface area contributed by atoms with Gasteiger partial charge in [0.1, 0.15) is 0 Å². The minimum absolute atomic E-state index is 0.313. The Kier molecular flexibility index (Phi) is 4.74. The van der Waals surface area contributed by atoms with Crippen LogP contribution in [0.15, 0.2) is 0 Å². The Hall–Kier alpha value is 0.270. The van der Waals surface area contributed by atoms with Gasteiger partial charge in [0.2, 0.25) is 0 Å². The molecular formula is C11H23NOS. The summed E-state index contributed by atoms with van der Waals surface area (Å²) in [7, 11) is 0. The normalized spacial score (nSPS) is 26.8. The molecule has 1 saturated heterocycles. The minimum atomic E-state index is -0.564. The molecule has 0 aliphatic carbocycles. The molecule has 0 bridgehead atoms. The highest BCUT2D eigenvalue weighted by Gasteiger charge is 2.24. The zero-order valence-electron chi connectivity index (χ0n) is 9.55. The average molecular weight is 217 g/mol. The zero-order valence-corrected chi connectivity index (χ0v) is 10.4. The van der Waals surface area contributed by atoms with Crippen molar-refractivity contribution in [2.75, 3.05) is 24.6 Å². The van der Waals surface area contributed by atoms with E-state index in [1.807, 2.05) is 18.7 Å². The van der Waals surface area contributed by atoms with E-state index in [4.69, 9.17) is 0 Å². The Morgan fingerprint density at radius 2 is 2.29 bits per heavy atom. The van der Waals surface area contributed by atoms with Crippen molar-refractivity contribution in [1.82, 2.24) is 5.32 Å². The van der Waals surface area contributed by atoms with Gasteiger partial charge in [0.25, 0.3) is 0 Å². The van der Waals surface area contributed by atoms with Crippen LogP contribution in [0.5, 0.6) is 0 Å². The van der Waals surface area contributed by atoms with Crippen molar-refractivity contribution in [3.05, 3.63) is 0 Å². The summed E-state index contributed by atoms with van der Waals surface area (Å²) in [6.07, 6.45) is 1.33. The molecule has 84 valence electrons. The lowest BCUT2D eigenvalue weighted by Crippen LogP contribution is -2.43. The van der Waals surface area contributed by atoms with Crippen LogP contribution in [0.1, 0.15) is 27.2 Å². The van der Waals surface area contributed by atoms with Gasteiger partial charge in [-0.1, -0.05) is 13.8 Å². The molecule has 1 heterocycles. The van der Waals surface area contributed by atoms with Crippen molar-refractivity contribution in [3.8, 4) is 0 Å². The third kappa shape index (κ3) is 3.79. The van der Waals surface area contributed by atoms with E-state index in [9.17, 15) is 5.11 Å². The molecule has 0 aromatic rings. The first-order valence-corrected chi connectivity index (χ1v) is 6.68. The molecule has 2 nitrogen and oxygen atoms in total. The van der Waals surface area contributed by atoms with Crippen molar-refractivity contribution < 1.29 is 5.11 Å².